The first-order valence-corrected chi connectivity index (χ1v) is 11.7. The van der Waals surface area contributed by atoms with Crippen LogP contribution in [0.15, 0.2) is 69.9 Å². The first-order chi connectivity index (χ1) is 15.0. The molecule has 2 heterocycles. The van der Waals surface area contributed by atoms with Gasteiger partial charge < -0.3 is 5.32 Å². The van der Waals surface area contributed by atoms with E-state index < -0.39 is 5.82 Å². The fourth-order valence-corrected chi connectivity index (χ4v) is 4.75. The minimum absolute atomic E-state index is 0.0874. The Labute approximate surface area is 190 Å². The molecule has 31 heavy (non-hydrogen) atoms. The number of nitrogens with one attached hydrogen (secondary N) is 1. The highest BCUT2D eigenvalue weighted by atomic mass is 35.5. The molecule has 2 aromatic heterocycles. The average molecular weight is 474 g/mol. The number of halogens is 2. The summed E-state index contributed by atoms with van der Waals surface area (Å²) in [7, 11) is 0. The second-order valence-electron chi connectivity index (χ2n) is 6.62. The highest BCUT2D eigenvalue weighted by molar-refractivity contribution is 7.99. The molecule has 0 saturated carbocycles. The molecule has 5 nitrogen and oxygen atoms in total. The Morgan fingerprint density at radius 3 is 2.81 bits per heavy atom. The topological polar surface area (TPSA) is 64.0 Å². The number of carbonyl (C=O) groups excluding carboxylic acids is 1. The molecule has 158 valence electrons. The standard InChI is InChI=1S/C22H17ClFN3O2S2/c23-17-12-14(7-8-18(17)24)27-21(29)16-5-1-2-6-19(16)26-22(27)31-13-20(28)25-10-9-15-4-3-11-30-15/h1-8,11-12H,9-10,13H2,(H,25,28). The van der Waals surface area contributed by atoms with E-state index in [4.69, 9.17) is 11.6 Å². The third-order valence-electron chi connectivity index (χ3n) is 4.51. The Bertz CT molecular complexity index is 1290. The van der Waals surface area contributed by atoms with Gasteiger partial charge >= 0.3 is 0 Å². The van der Waals surface area contributed by atoms with Crippen LogP contribution in [0.3, 0.4) is 0 Å². The quantitative estimate of drug-likeness (QED) is 0.312. The van der Waals surface area contributed by atoms with E-state index in [-0.39, 0.29) is 22.2 Å². The molecule has 0 saturated heterocycles. The number of hydrogen-bond donors (Lipinski definition) is 1. The first-order valence-electron chi connectivity index (χ1n) is 9.42. The molecule has 4 aromatic rings. The minimum Gasteiger partial charge on any atom is -0.355 e. The van der Waals surface area contributed by atoms with Crippen molar-refractivity contribution >= 4 is 51.5 Å². The van der Waals surface area contributed by atoms with Gasteiger partial charge in [0.2, 0.25) is 5.91 Å². The highest BCUT2D eigenvalue weighted by Gasteiger charge is 2.16. The van der Waals surface area contributed by atoms with E-state index in [1.165, 1.54) is 27.6 Å². The lowest BCUT2D eigenvalue weighted by molar-refractivity contribution is -0.118. The van der Waals surface area contributed by atoms with E-state index in [0.29, 0.717) is 28.3 Å². The maximum atomic E-state index is 13.7. The van der Waals surface area contributed by atoms with Crippen LogP contribution in [0.1, 0.15) is 4.88 Å². The van der Waals surface area contributed by atoms with Crippen LogP contribution < -0.4 is 10.9 Å². The lowest BCUT2D eigenvalue weighted by atomic mass is 10.2. The minimum atomic E-state index is -0.577. The third-order valence-corrected chi connectivity index (χ3v) is 6.68. The largest absolute Gasteiger partial charge is 0.355 e. The zero-order chi connectivity index (χ0) is 21.8. The van der Waals surface area contributed by atoms with Gasteiger partial charge in [-0.05, 0) is 48.2 Å². The Morgan fingerprint density at radius 1 is 1.19 bits per heavy atom. The maximum Gasteiger partial charge on any atom is 0.266 e. The number of fused-ring (bicyclic) bond motifs is 1. The van der Waals surface area contributed by atoms with Crippen molar-refractivity contribution in [2.75, 3.05) is 12.3 Å². The van der Waals surface area contributed by atoms with Crippen LogP contribution in [-0.2, 0) is 11.2 Å². The number of para-hydroxylation sites is 1. The van der Waals surface area contributed by atoms with E-state index in [1.54, 1.807) is 35.6 Å². The lowest BCUT2D eigenvalue weighted by Gasteiger charge is -2.13. The molecule has 4 rings (SSSR count). The molecule has 1 amide bonds. The molecule has 0 bridgehead atoms. The van der Waals surface area contributed by atoms with Gasteiger partial charge in [0.15, 0.2) is 5.16 Å². The number of benzene rings is 2. The summed E-state index contributed by atoms with van der Waals surface area (Å²) < 4.78 is 15.0. The van der Waals surface area contributed by atoms with Gasteiger partial charge in [-0.15, -0.1) is 11.3 Å². The molecule has 0 aliphatic rings. The number of amides is 1. The average Bonchev–Trinajstić information content (AvgIpc) is 3.28. The van der Waals surface area contributed by atoms with Gasteiger partial charge in [-0.25, -0.2) is 9.37 Å². The zero-order valence-electron chi connectivity index (χ0n) is 16.2. The van der Waals surface area contributed by atoms with Crippen molar-refractivity contribution in [3.63, 3.8) is 0 Å². The number of carbonyl (C=O) groups is 1. The van der Waals surface area contributed by atoms with Crippen molar-refractivity contribution in [1.82, 2.24) is 14.9 Å². The number of thioether (sulfide) groups is 1. The summed E-state index contributed by atoms with van der Waals surface area (Å²) in [5.41, 5.74) is 0.599. The number of rotatable bonds is 7. The summed E-state index contributed by atoms with van der Waals surface area (Å²) in [5, 5.41) is 5.54. The fourth-order valence-electron chi connectivity index (χ4n) is 3.02. The van der Waals surface area contributed by atoms with Gasteiger partial charge in [-0.3, -0.25) is 14.2 Å². The summed E-state index contributed by atoms with van der Waals surface area (Å²) in [6, 6.07) is 15.0. The zero-order valence-corrected chi connectivity index (χ0v) is 18.6. The van der Waals surface area contributed by atoms with Crippen molar-refractivity contribution in [2.24, 2.45) is 0 Å². The van der Waals surface area contributed by atoms with Crippen LogP contribution in [0.4, 0.5) is 4.39 Å². The summed E-state index contributed by atoms with van der Waals surface area (Å²) in [4.78, 5) is 31.3. The smallest absolute Gasteiger partial charge is 0.266 e. The van der Waals surface area contributed by atoms with Crippen LogP contribution >= 0.6 is 34.7 Å². The predicted octanol–water partition coefficient (Wildman–Crippen LogP) is 4.69. The Balaban J connectivity index is 1.59. The number of thiophene rings is 1. The molecule has 0 atom stereocenters. The third kappa shape index (κ3) is 4.98. The van der Waals surface area contributed by atoms with Crippen molar-refractivity contribution in [1.29, 1.82) is 0 Å². The van der Waals surface area contributed by atoms with Gasteiger partial charge in [0, 0.05) is 11.4 Å². The second kappa shape index (κ2) is 9.64. The summed E-state index contributed by atoms with van der Waals surface area (Å²) in [6.07, 6.45) is 0.765. The summed E-state index contributed by atoms with van der Waals surface area (Å²) >= 11 is 8.72. The van der Waals surface area contributed by atoms with Crippen molar-refractivity contribution in [3.05, 3.63) is 86.0 Å². The number of aromatic nitrogens is 2. The molecule has 0 aliphatic carbocycles. The Kier molecular flexibility index (Phi) is 6.70. The van der Waals surface area contributed by atoms with Crippen molar-refractivity contribution < 1.29 is 9.18 Å². The monoisotopic (exact) mass is 473 g/mol. The fraction of sp³-hybridized carbons (Fsp3) is 0.136. The Hall–Kier alpha value is -2.68. The molecule has 0 unspecified atom stereocenters. The van der Waals surface area contributed by atoms with Gasteiger partial charge in [-0.2, -0.15) is 0 Å². The van der Waals surface area contributed by atoms with Crippen molar-refractivity contribution in [2.45, 2.75) is 11.6 Å². The van der Waals surface area contributed by atoms with E-state index in [2.05, 4.69) is 10.3 Å². The van der Waals surface area contributed by atoms with Gasteiger partial charge in [0.1, 0.15) is 5.82 Å². The number of nitrogens with zero attached hydrogens (tertiary/aromatic N) is 2. The summed E-state index contributed by atoms with van der Waals surface area (Å²) in [5.74, 6) is -0.649. The predicted molar refractivity (Wildman–Crippen MR) is 124 cm³/mol. The van der Waals surface area contributed by atoms with Crippen LogP contribution in [0.5, 0.6) is 0 Å². The van der Waals surface area contributed by atoms with Gasteiger partial charge in [0.25, 0.3) is 5.56 Å². The maximum absolute atomic E-state index is 13.7. The van der Waals surface area contributed by atoms with Crippen LogP contribution in [0.25, 0.3) is 16.6 Å². The normalized spacial score (nSPS) is 11.0. The van der Waals surface area contributed by atoms with Crippen LogP contribution in [-0.4, -0.2) is 27.8 Å². The van der Waals surface area contributed by atoms with Crippen LogP contribution in [0.2, 0.25) is 5.02 Å². The molecule has 0 radical (unpaired) electrons. The van der Waals surface area contributed by atoms with E-state index >= 15 is 0 Å². The highest BCUT2D eigenvalue weighted by Crippen LogP contribution is 2.24. The van der Waals surface area contributed by atoms with Gasteiger partial charge in [-0.1, -0.05) is 41.6 Å². The van der Waals surface area contributed by atoms with Crippen LogP contribution in [0, 0.1) is 5.82 Å². The number of hydrogen-bond acceptors (Lipinski definition) is 5. The SMILES string of the molecule is O=C(CSc1nc2ccccc2c(=O)n1-c1ccc(F)c(Cl)c1)NCCc1cccs1. The molecule has 9 heteroatoms. The lowest BCUT2D eigenvalue weighted by Crippen LogP contribution is -2.28. The van der Waals surface area contributed by atoms with Crippen molar-refractivity contribution in [3.8, 4) is 5.69 Å². The first kappa shape index (κ1) is 21.5. The van der Waals surface area contributed by atoms with E-state index in [9.17, 15) is 14.0 Å². The molecule has 0 fully saturated rings. The molecule has 0 spiro atoms. The Morgan fingerprint density at radius 2 is 2.03 bits per heavy atom. The molecular formula is C22H17ClFN3O2S2. The van der Waals surface area contributed by atoms with E-state index in [1.807, 2.05) is 17.5 Å². The molecule has 1 N–H and O–H groups in total. The summed E-state index contributed by atoms with van der Waals surface area (Å²) in [6.45, 7) is 0.533. The molecule has 2 aromatic carbocycles. The molecular weight excluding hydrogens is 457 g/mol. The second-order valence-corrected chi connectivity index (χ2v) is 9.00. The molecule has 0 aliphatic heterocycles. The van der Waals surface area contributed by atoms with E-state index in [0.717, 1.165) is 18.2 Å². The van der Waals surface area contributed by atoms with Gasteiger partial charge in [0.05, 0.1) is 27.4 Å².